The molecule has 1 atom stereocenters. The fourth-order valence-corrected chi connectivity index (χ4v) is 2.34. The molecular weight excluding hydrogens is 234 g/mol. The van der Waals surface area contributed by atoms with Crippen LogP contribution in [0.4, 0.5) is 11.4 Å². The van der Waals surface area contributed by atoms with E-state index < -0.39 is 4.92 Å². The van der Waals surface area contributed by atoms with Gasteiger partial charge in [-0.2, -0.15) is 0 Å². The van der Waals surface area contributed by atoms with Crippen molar-refractivity contribution < 1.29 is 9.66 Å². The number of para-hydroxylation sites is 1. The highest BCUT2D eigenvalue weighted by Gasteiger charge is 2.27. The van der Waals surface area contributed by atoms with Crippen LogP contribution < -0.4 is 15.4 Å². The third-order valence-electron chi connectivity index (χ3n) is 3.18. The molecule has 6 heteroatoms. The molecular formula is C12H17N3O3. The molecule has 2 N–H and O–H groups in total. The molecule has 1 heterocycles. The molecule has 1 aromatic carbocycles. The molecule has 0 aliphatic carbocycles. The minimum absolute atomic E-state index is 0.0223. The molecule has 1 fully saturated rings. The molecule has 0 amide bonds. The van der Waals surface area contributed by atoms with Crippen molar-refractivity contribution in [2.75, 3.05) is 25.1 Å². The molecule has 1 unspecified atom stereocenters. The maximum atomic E-state index is 11.2. The van der Waals surface area contributed by atoms with Crippen LogP contribution in [0.5, 0.6) is 5.75 Å². The Balaban J connectivity index is 2.40. The van der Waals surface area contributed by atoms with Crippen LogP contribution in [-0.2, 0) is 0 Å². The molecule has 18 heavy (non-hydrogen) atoms. The quantitative estimate of drug-likeness (QED) is 0.650. The molecule has 2 rings (SSSR count). The third kappa shape index (κ3) is 2.38. The second-order valence-electron chi connectivity index (χ2n) is 4.43. The average Bonchev–Trinajstić information content (AvgIpc) is 2.37. The number of hydrogen-bond acceptors (Lipinski definition) is 5. The molecule has 0 radical (unpaired) electrons. The molecule has 1 aromatic rings. The molecule has 1 saturated heterocycles. The topological polar surface area (TPSA) is 81.6 Å². The molecule has 1 aliphatic heterocycles. The summed E-state index contributed by atoms with van der Waals surface area (Å²) in [7, 11) is 1.44. The zero-order valence-electron chi connectivity index (χ0n) is 10.3. The van der Waals surface area contributed by atoms with Crippen molar-refractivity contribution in [2.45, 2.75) is 18.9 Å². The smallest absolute Gasteiger partial charge is 0.333 e. The number of nitrogens with zero attached hydrogens (tertiary/aromatic N) is 2. The maximum Gasteiger partial charge on any atom is 0.333 e. The average molecular weight is 251 g/mol. The van der Waals surface area contributed by atoms with Gasteiger partial charge in [0, 0.05) is 19.1 Å². The van der Waals surface area contributed by atoms with Crippen molar-refractivity contribution in [3.8, 4) is 5.75 Å². The summed E-state index contributed by atoms with van der Waals surface area (Å²) in [5.74, 6) is 0.289. The first-order valence-corrected chi connectivity index (χ1v) is 5.95. The first-order chi connectivity index (χ1) is 8.63. The summed E-state index contributed by atoms with van der Waals surface area (Å²) in [5.41, 5.74) is 6.53. The van der Waals surface area contributed by atoms with Crippen LogP contribution in [0.1, 0.15) is 12.8 Å². The lowest BCUT2D eigenvalue weighted by Crippen LogP contribution is -2.43. The minimum atomic E-state index is -0.395. The number of anilines is 1. The largest absolute Gasteiger partial charge is 0.490 e. The van der Waals surface area contributed by atoms with Gasteiger partial charge in [-0.25, -0.2) is 0 Å². The summed E-state index contributed by atoms with van der Waals surface area (Å²) in [4.78, 5) is 12.8. The van der Waals surface area contributed by atoms with E-state index in [1.54, 1.807) is 18.2 Å². The second kappa shape index (κ2) is 5.22. The van der Waals surface area contributed by atoms with Gasteiger partial charge in [-0.3, -0.25) is 10.1 Å². The van der Waals surface area contributed by atoms with E-state index in [9.17, 15) is 10.1 Å². The van der Waals surface area contributed by atoms with E-state index in [1.807, 2.05) is 4.90 Å². The number of hydrogen-bond donors (Lipinski definition) is 1. The van der Waals surface area contributed by atoms with Gasteiger partial charge >= 0.3 is 5.69 Å². The maximum absolute atomic E-state index is 11.2. The normalized spacial score (nSPS) is 19.7. The zero-order valence-corrected chi connectivity index (χ0v) is 10.3. The van der Waals surface area contributed by atoms with Crippen LogP contribution in [0.25, 0.3) is 0 Å². The lowest BCUT2D eigenvalue weighted by molar-refractivity contribution is -0.385. The Morgan fingerprint density at radius 2 is 2.33 bits per heavy atom. The van der Waals surface area contributed by atoms with Crippen LogP contribution >= 0.6 is 0 Å². The Bertz CT molecular complexity index is 450. The molecule has 98 valence electrons. The van der Waals surface area contributed by atoms with Gasteiger partial charge in [0.25, 0.3) is 0 Å². The molecule has 0 aromatic heterocycles. The van der Waals surface area contributed by atoms with Gasteiger partial charge in [-0.15, -0.1) is 0 Å². The third-order valence-corrected chi connectivity index (χ3v) is 3.18. The predicted molar refractivity (Wildman–Crippen MR) is 69.1 cm³/mol. The summed E-state index contributed by atoms with van der Waals surface area (Å²) >= 11 is 0. The van der Waals surface area contributed by atoms with Crippen molar-refractivity contribution in [1.29, 1.82) is 0 Å². The van der Waals surface area contributed by atoms with Crippen LogP contribution in [0, 0.1) is 10.1 Å². The number of methoxy groups -OCH3 is 1. The van der Waals surface area contributed by atoms with Gasteiger partial charge in [0.15, 0.2) is 5.75 Å². The van der Waals surface area contributed by atoms with Gasteiger partial charge in [0.2, 0.25) is 0 Å². The summed E-state index contributed by atoms with van der Waals surface area (Å²) in [6.07, 6.45) is 1.92. The number of nitro groups is 1. The summed E-state index contributed by atoms with van der Waals surface area (Å²) in [6, 6.07) is 5.19. The lowest BCUT2D eigenvalue weighted by Gasteiger charge is -2.32. The van der Waals surface area contributed by atoms with Gasteiger partial charge in [0.05, 0.1) is 12.0 Å². The number of ether oxygens (including phenoxy) is 1. The van der Waals surface area contributed by atoms with Crippen molar-refractivity contribution in [3.63, 3.8) is 0 Å². The van der Waals surface area contributed by atoms with E-state index in [2.05, 4.69) is 0 Å². The number of benzene rings is 1. The van der Waals surface area contributed by atoms with E-state index in [4.69, 9.17) is 10.5 Å². The van der Waals surface area contributed by atoms with E-state index in [1.165, 1.54) is 7.11 Å². The fourth-order valence-electron chi connectivity index (χ4n) is 2.34. The first kappa shape index (κ1) is 12.6. The lowest BCUT2D eigenvalue weighted by atomic mass is 10.1. The molecule has 0 bridgehead atoms. The summed E-state index contributed by atoms with van der Waals surface area (Å²) in [6.45, 7) is 1.44. The van der Waals surface area contributed by atoms with Crippen LogP contribution in [0.2, 0.25) is 0 Å². The van der Waals surface area contributed by atoms with Crippen LogP contribution in [-0.4, -0.2) is 31.2 Å². The number of nitrogens with two attached hydrogens (primary N) is 1. The number of piperidine rings is 1. The molecule has 6 nitrogen and oxygen atoms in total. The van der Waals surface area contributed by atoms with Gasteiger partial charge in [-0.05, 0) is 25.0 Å². The zero-order chi connectivity index (χ0) is 13.1. The first-order valence-electron chi connectivity index (χ1n) is 5.95. The highest BCUT2D eigenvalue weighted by atomic mass is 16.6. The van der Waals surface area contributed by atoms with E-state index in [-0.39, 0.29) is 17.5 Å². The highest BCUT2D eigenvalue weighted by molar-refractivity contribution is 5.70. The Hall–Kier alpha value is -1.82. The highest BCUT2D eigenvalue weighted by Crippen LogP contribution is 2.37. The van der Waals surface area contributed by atoms with E-state index in [0.29, 0.717) is 12.2 Å². The van der Waals surface area contributed by atoms with Gasteiger partial charge in [-0.1, -0.05) is 6.07 Å². The predicted octanol–water partition coefficient (Wildman–Crippen LogP) is 1.53. The standard InChI is InChI=1S/C12H17N3O3/c1-18-11-6-2-5-10(12(11)15(16)17)14-7-3-4-9(13)8-14/h2,5-6,9H,3-4,7-8,13H2,1H3. The Kier molecular flexibility index (Phi) is 3.66. The van der Waals surface area contributed by atoms with E-state index >= 15 is 0 Å². The van der Waals surface area contributed by atoms with Crippen molar-refractivity contribution in [3.05, 3.63) is 28.3 Å². The summed E-state index contributed by atoms with van der Waals surface area (Å²) < 4.78 is 5.07. The minimum Gasteiger partial charge on any atom is -0.490 e. The van der Waals surface area contributed by atoms with Crippen molar-refractivity contribution in [1.82, 2.24) is 0 Å². The molecule has 0 spiro atoms. The van der Waals surface area contributed by atoms with Gasteiger partial charge in [0.1, 0.15) is 5.69 Å². The molecule has 1 aliphatic rings. The Labute approximate surface area is 105 Å². The van der Waals surface area contributed by atoms with Gasteiger partial charge < -0.3 is 15.4 Å². The fraction of sp³-hybridized carbons (Fsp3) is 0.500. The monoisotopic (exact) mass is 251 g/mol. The Morgan fingerprint density at radius 1 is 1.56 bits per heavy atom. The van der Waals surface area contributed by atoms with Crippen molar-refractivity contribution >= 4 is 11.4 Å². The van der Waals surface area contributed by atoms with E-state index in [0.717, 1.165) is 19.4 Å². The SMILES string of the molecule is COc1cccc(N2CCCC(N)C2)c1[N+](=O)[O-]. The number of rotatable bonds is 3. The summed E-state index contributed by atoms with van der Waals surface area (Å²) in [5, 5.41) is 11.2. The van der Waals surface area contributed by atoms with Crippen LogP contribution in [0.3, 0.4) is 0 Å². The van der Waals surface area contributed by atoms with Crippen molar-refractivity contribution in [2.24, 2.45) is 5.73 Å². The van der Waals surface area contributed by atoms with Crippen LogP contribution in [0.15, 0.2) is 18.2 Å². The Morgan fingerprint density at radius 3 is 2.94 bits per heavy atom. The number of nitro benzene ring substituents is 1. The molecule has 0 saturated carbocycles. The second-order valence-corrected chi connectivity index (χ2v) is 4.43.